The maximum Gasteiger partial charge on any atom is 0.322 e. The van der Waals surface area contributed by atoms with E-state index in [2.05, 4.69) is 28.8 Å². The van der Waals surface area contributed by atoms with Crippen LogP contribution < -0.4 is 9.64 Å². The summed E-state index contributed by atoms with van der Waals surface area (Å²) in [6.45, 7) is 10.7. The van der Waals surface area contributed by atoms with Gasteiger partial charge in [0, 0.05) is 13.1 Å². The van der Waals surface area contributed by atoms with Crippen molar-refractivity contribution in [2.24, 2.45) is 5.92 Å². The van der Waals surface area contributed by atoms with Gasteiger partial charge in [0.1, 0.15) is 0 Å². The number of halogens is 1. The molecule has 0 saturated heterocycles. The number of nitrogens with zero attached hydrogens (tertiary/aromatic N) is 4. The summed E-state index contributed by atoms with van der Waals surface area (Å²) in [4.78, 5) is 14.5. The predicted octanol–water partition coefficient (Wildman–Crippen LogP) is 3.19. The van der Waals surface area contributed by atoms with Crippen molar-refractivity contribution in [3.05, 3.63) is 5.28 Å². The quantitative estimate of drug-likeness (QED) is 0.734. The maximum atomic E-state index is 5.92. The van der Waals surface area contributed by atoms with Crippen LogP contribution in [0.25, 0.3) is 0 Å². The molecule has 0 unspecified atom stereocenters. The Morgan fingerprint density at radius 2 is 1.68 bits per heavy atom. The van der Waals surface area contributed by atoms with Crippen molar-refractivity contribution in [2.45, 2.75) is 40.5 Å². The maximum absolute atomic E-state index is 5.92. The summed E-state index contributed by atoms with van der Waals surface area (Å²) in [6, 6.07) is 0.314. The monoisotopic (exact) mass is 286 g/mol. The number of rotatable bonds is 8. The number of hydrogen-bond donors (Lipinski definition) is 0. The first kappa shape index (κ1) is 16.0. The lowest BCUT2D eigenvalue weighted by atomic mass is 10.1. The molecule has 0 fully saturated rings. The molecule has 0 N–H and O–H groups in total. The molecule has 108 valence electrons. The summed E-state index contributed by atoms with van der Waals surface area (Å²) in [5.74, 6) is 1.09. The first-order valence-electron chi connectivity index (χ1n) is 6.93. The highest BCUT2D eigenvalue weighted by Crippen LogP contribution is 2.16. The van der Waals surface area contributed by atoms with E-state index in [-0.39, 0.29) is 5.28 Å². The highest BCUT2D eigenvalue weighted by molar-refractivity contribution is 6.28. The van der Waals surface area contributed by atoms with Gasteiger partial charge in [-0.15, -0.1) is 0 Å². The van der Waals surface area contributed by atoms with E-state index < -0.39 is 0 Å². The minimum absolute atomic E-state index is 0.177. The molecular weight excluding hydrogens is 264 g/mol. The fourth-order valence-electron chi connectivity index (χ4n) is 1.75. The Kier molecular flexibility index (Phi) is 6.84. The van der Waals surface area contributed by atoms with E-state index in [9.17, 15) is 0 Å². The molecule has 0 aromatic carbocycles. The van der Waals surface area contributed by atoms with Crippen molar-refractivity contribution in [1.82, 2.24) is 15.0 Å². The Morgan fingerprint density at radius 1 is 1.05 bits per heavy atom. The standard InChI is InChI=1S/C13H23ClN4O/c1-5-10(6-2)9-19-13-16-11(14)15-12(17-13)18(7-3)8-4/h10H,5-9H2,1-4H3. The molecule has 1 rings (SSSR count). The molecule has 5 nitrogen and oxygen atoms in total. The van der Waals surface area contributed by atoms with Gasteiger partial charge in [0.05, 0.1) is 6.61 Å². The second-order valence-electron chi connectivity index (χ2n) is 4.35. The Morgan fingerprint density at radius 3 is 2.21 bits per heavy atom. The first-order valence-corrected chi connectivity index (χ1v) is 7.31. The van der Waals surface area contributed by atoms with Gasteiger partial charge in [0.25, 0.3) is 0 Å². The third kappa shape index (κ3) is 4.82. The fraction of sp³-hybridized carbons (Fsp3) is 0.769. The van der Waals surface area contributed by atoms with Crippen LogP contribution >= 0.6 is 11.6 Å². The zero-order chi connectivity index (χ0) is 14.3. The largest absolute Gasteiger partial charge is 0.463 e. The third-order valence-corrected chi connectivity index (χ3v) is 3.39. The summed E-state index contributed by atoms with van der Waals surface area (Å²) >= 11 is 5.92. The van der Waals surface area contributed by atoms with Gasteiger partial charge in [-0.1, -0.05) is 26.7 Å². The van der Waals surface area contributed by atoms with Gasteiger partial charge in [-0.05, 0) is 31.4 Å². The van der Waals surface area contributed by atoms with E-state index in [0.717, 1.165) is 25.9 Å². The van der Waals surface area contributed by atoms with Gasteiger partial charge in [-0.2, -0.15) is 15.0 Å². The smallest absolute Gasteiger partial charge is 0.322 e. The molecule has 0 saturated carbocycles. The third-order valence-electron chi connectivity index (χ3n) is 3.22. The lowest BCUT2D eigenvalue weighted by Gasteiger charge is -2.19. The average molecular weight is 287 g/mol. The van der Waals surface area contributed by atoms with Crippen LogP contribution in [0, 0.1) is 5.92 Å². The summed E-state index contributed by atoms with van der Waals surface area (Å²) < 4.78 is 5.64. The molecule has 0 bridgehead atoms. The molecular formula is C13H23ClN4O. The first-order chi connectivity index (χ1) is 9.14. The molecule has 0 aliphatic heterocycles. The van der Waals surface area contributed by atoms with Gasteiger partial charge in [0.2, 0.25) is 11.2 Å². The summed E-state index contributed by atoms with van der Waals surface area (Å²) in [5, 5.41) is 0.177. The lowest BCUT2D eigenvalue weighted by molar-refractivity contribution is 0.223. The van der Waals surface area contributed by atoms with E-state index >= 15 is 0 Å². The van der Waals surface area contributed by atoms with Gasteiger partial charge in [0.15, 0.2) is 0 Å². The normalized spacial score (nSPS) is 10.8. The molecule has 0 radical (unpaired) electrons. The van der Waals surface area contributed by atoms with Gasteiger partial charge < -0.3 is 9.64 Å². The Bertz CT molecular complexity index is 381. The fourth-order valence-corrected chi connectivity index (χ4v) is 1.90. The SMILES string of the molecule is CCC(CC)COc1nc(Cl)nc(N(CC)CC)n1. The zero-order valence-electron chi connectivity index (χ0n) is 12.2. The Labute approximate surface area is 120 Å². The van der Waals surface area contributed by atoms with Crippen LogP contribution in [0.5, 0.6) is 6.01 Å². The van der Waals surface area contributed by atoms with E-state index in [1.165, 1.54) is 0 Å². The summed E-state index contributed by atoms with van der Waals surface area (Å²) in [7, 11) is 0. The topological polar surface area (TPSA) is 51.1 Å². The molecule has 0 amide bonds. The van der Waals surface area contributed by atoms with E-state index in [4.69, 9.17) is 16.3 Å². The molecule has 1 aromatic rings. The van der Waals surface area contributed by atoms with Crippen LogP contribution in [0.3, 0.4) is 0 Å². The molecule has 1 aromatic heterocycles. The van der Waals surface area contributed by atoms with Crippen molar-refractivity contribution >= 4 is 17.5 Å². The van der Waals surface area contributed by atoms with Crippen LogP contribution in [0.4, 0.5) is 5.95 Å². The molecule has 19 heavy (non-hydrogen) atoms. The van der Waals surface area contributed by atoms with Crippen molar-refractivity contribution in [3.63, 3.8) is 0 Å². The van der Waals surface area contributed by atoms with Crippen LogP contribution in [0.1, 0.15) is 40.5 Å². The number of anilines is 1. The van der Waals surface area contributed by atoms with Crippen LogP contribution in [0.15, 0.2) is 0 Å². The average Bonchev–Trinajstić information content (AvgIpc) is 2.41. The van der Waals surface area contributed by atoms with Crippen molar-refractivity contribution in [3.8, 4) is 6.01 Å². The Hall–Kier alpha value is -1.10. The minimum atomic E-state index is 0.177. The molecule has 0 spiro atoms. The molecule has 0 atom stereocenters. The number of aromatic nitrogens is 3. The van der Waals surface area contributed by atoms with Crippen LogP contribution in [0.2, 0.25) is 5.28 Å². The van der Waals surface area contributed by atoms with E-state index in [0.29, 0.717) is 24.5 Å². The van der Waals surface area contributed by atoms with Crippen LogP contribution in [-0.2, 0) is 0 Å². The second-order valence-corrected chi connectivity index (χ2v) is 4.69. The lowest BCUT2D eigenvalue weighted by Crippen LogP contribution is -2.25. The molecule has 0 aliphatic rings. The van der Waals surface area contributed by atoms with Crippen molar-refractivity contribution < 1.29 is 4.74 Å². The number of ether oxygens (including phenoxy) is 1. The van der Waals surface area contributed by atoms with Gasteiger partial charge in [-0.3, -0.25) is 0 Å². The summed E-state index contributed by atoms with van der Waals surface area (Å²) in [5.41, 5.74) is 0. The van der Waals surface area contributed by atoms with Gasteiger partial charge >= 0.3 is 6.01 Å². The van der Waals surface area contributed by atoms with Crippen molar-refractivity contribution in [1.29, 1.82) is 0 Å². The number of hydrogen-bond acceptors (Lipinski definition) is 5. The molecule has 0 aliphatic carbocycles. The second kappa shape index (κ2) is 8.15. The highest BCUT2D eigenvalue weighted by atomic mass is 35.5. The van der Waals surface area contributed by atoms with E-state index in [1.807, 2.05) is 18.7 Å². The Balaban J connectivity index is 2.78. The van der Waals surface area contributed by atoms with Crippen molar-refractivity contribution in [2.75, 3.05) is 24.6 Å². The van der Waals surface area contributed by atoms with E-state index in [1.54, 1.807) is 0 Å². The predicted molar refractivity (Wildman–Crippen MR) is 78.0 cm³/mol. The summed E-state index contributed by atoms with van der Waals surface area (Å²) in [6.07, 6.45) is 2.16. The van der Waals surface area contributed by atoms with Crippen LogP contribution in [-0.4, -0.2) is 34.6 Å². The highest BCUT2D eigenvalue weighted by Gasteiger charge is 2.12. The molecule has 1 heterocycles. The molecule has 6 heteroatoms. The minimum Gasteiger partial charge on any atom is -0.463 e. The van der Waals surface area contributed by atoms with Gasteiger partial charge in [-0.25, -0.2) is 0 Å². The zero-order valence-corrected chi connectivity index (χ0v) is 12.9.